The fraction of sp³-hybridized carbons (Fsp3) is 0.562. The Balaban J connectivity index is 3.17. The molecule has 19 heavy (non-hydrogen) atoms. The van der Waals surface area contributed by atoms with Gasteiger partial charge in [0.05, 0.1) is 6.61 Å². The number of hydrogen-bond acceptors (Lipinski definition) is 3. The lowest BCUT2D eigenvalue weighted by Crippen LogP contribution is -2.44. The summed E-state index contributed by atoms with van der Waals surface area (Å²) in [5, 5.41) is 10.7. The van der Waals surface area contributed by atoms with Crippen LogP contribution in [-0.2, 0) is 9.53 Å². The van der Waals surface area contributed by atoms with Crippen molar-refractivity contribution in [1.82, 2.24) is 0 Å². The van der Waals surface area contributed by atoms with E-state index in [-0.39, 0.29) is 12.5 Å². The fourth-order valence-corrected chi connectivity index (χ4v) is 2.37. The van der Waals surface area contributed by atoms with Crippen molar-refractivity contribution in [2.24, 2.45) is 0 Å². The number of aliphatic hydroxyl groups is 1. The van der Waals surface area contributed by atoms with E-state index in [1.54, 1.807) is 13.8 Å². The molecular formula is C16H24O3. The van der Waals surface area contributed by atoms with E-state index in [2.05, 4.69) is 0 Å². The van der Waals surface area contributed by atoms with Gasteiger partial charge < -0.3 is 9.84 Å². The molecule has 1 aromatic rings. The lowest BCUT2D eigenvalue weighted by atomic mass is 9.79. The number of rotatable bonds is 5. The zero-order valence-electron chi connectivity index (χ0n) is 12.5. The standard InChI is InChI=1S/C16H24O3/c1-6-16(18,15(17)19-7-2)13(5)14-10-11(3)8-9-12(14)4/h8-10,13,18H,6-7H2,1-5H3. The first-order chi connectivity index (χ1) is 8.86. The maximum Gasteiger partial charge on any atom is 0.338 e. The smallest absolute Gasteiger partial charge is 0.338 e. The van der Waals surface area contributed by atoms with Crippen molar-refractivity contribution < 1.29 is 14.6 Å². The highest BCUT2D eigenvalue weighted by Gasteiger charge is 2.42. The summed E-state index contributed by atoms with van der Waals surface area (Å²) in [5.41, 5.74) is 1.73. The van der Waals surface area contributed by atoms with Gasteiger partial charge in [-0.25, -0.2) is 4.79 Å². The quantitative estimate of drug-likeness (QED) is 0.831. The highest BCUT2D eigenvalue weighted by molar-refractivity contribution is 5.80. The van der Waals surface area contributed by atoms with Gasteiger partial charge >= 0.3 is 5.97 Å². The Kier molecular flexibility index (Phi) is 5.12. The lowest BCUT2D eigenvalue weighted by Gasteiger charge is -2.32. The zero-order valence-corrected chi connectivity index (χ0v) is 12.5. The molecule has 0 spiro atoms. The van der Waals surface area contributed by atoms with Crippen LogP contribution in [0, 0.1) is 13.8 Å². The van der Waals surface area contributed by atoms with E-state index < -0.39 is 11.6 Å². The van der Waals surface area contributed by atoms with E-state index in [9.17, 15) is 9.90 Å². The molecule has 0 aliphatic carbocycles. The van der Waals surface area contributed by atoms with Gasteiger partial charge in [0.1, 0.15) is 0 Å². The first-order valence-corrected chi connectivity index (χ1v) is 6.83. The molecule has 3 heteroatoms. The normalized spacial score (nSPS) is 15.7. The lowest BCUT2D eigenvalue weighted by molar-refractivity contribution is -0.167. The topological polar surface area (TPSA) is 46.5 Å². The SMILES string of the molecule is CCOC(=O)C(O)(CC)C(C)c1cc(C)ccc1C. The van der Waals surface area contributed by atoms with E-state index in [1.165, 1.54) is 0 Å². The average molecular weight is 264 g/mol. The molecule has 0 aliphatic heterocycles. The van der Waals surface area contributed by atoms with Crippen LogP contribution in [0.1, 0.15) is 49.8 Å². The van der Waals surface area contributed by atoms with Crippen molar-refractivity contribution in [2.45, 2.75) is 52.6 Å². The van der Waals surface area contributed by atoms with Crippen LogP contribution in [-0.4, -0.2) is 23.3 Å². The van der Waals surface area contributed by atoms with Crippen molar-refractivity contribution in [3.05, 3.63) is 34.9 Å². The Bertz CT molecular complexity index is 453. The van der Waals surface area contributed by atoms with Crippen LogP contribution >= 0.6 is 0 Å². The maximum atomic E-state index is 12.0. The molecule has 3 nitrogen and oxygen atoms in total. The highest BCUT2D eigenvalue weighted by Crippen LogP contribution is 2.34. The van der Waals surface area contributed by atoms with Gasteiger partial charge in [0, 0.05) is 5.92 Å². The van der Waals surface area contributed by atoms with Crippen molar-refractivity contribution in [3.63, 3.8) is 0 Å². The summed E-state index contributed by atoms with van der Waals surface area (Å²) in [5.74, 6) is -0.831. The van der Waals surface area contributed by atoms with Crippen molar-refractivity contribution in [2.75, 3.05) is 6.61 Å². The molecule has 0 aliphatic rings. The molecule has 106 valence electrons. The molecule has 0 heterocycles. The van der Waals surface area contributed by atoms with Gasteiger partial charge in [0.15, 0.2) is 5.60 Å². The third-order valence-corrected chi connectivity index (χ3v) is 3.79. The van der Waals surface area contributed by atoms with E-state index in [4.69, 9.17) is 4.74 Å². The second-order valence-corrected chi connectivity index (χ2v) is 5.08. The highest BCUT2D eigenvalue weighted by atomic mass is 16.5. The first kappa shape index (κ1) is 15.7. The summed E-state index contributed by atoms with van der Waals surface area (Å²) < 4.78 is 5.02. The summed E-state index contributed by atoms with van der Waals surface area (Å²) in [4.78, 5) is 12.0. The predicted molar refractivity (Wildman–Crippen MR) is 76.2 cm³/mol. The van der Waals surface area contributed by atoms with Gasteiger partial charge in [-0.15, -0.1) is 0 Å². The maximum absolute atomic E-state index is 12.0. The average Bonchev–Trinajstić information content (AvgIpc) is 2.40. The Morgan fingerprint density at radius 1 is 1.37 bits per heavy atom. The molecule has 0 radical (unpaired) electrons. The van der Waals surface area contributed by atoms with Gasteiger partial charge in [-0.2, -0.15) is 0 Å². The summed E-state index contributed by atoms with van der Waals surface area (Å²) in [7, 11) is 0. The van der Waals surface area contributed by atoms with Crippen LogP contribution in [0.15, 0.2) is 18.2 Å². The third-order valence-electron chi connectivity index (χ3n) is 3.79. The molecule has 1 N–H and O–H groups in total. The molecule has 2 unspecified atom stereocenters. The number of aryl methyl sites for hydroxylation is 2. The molecule has 0 saturated heterocycles. The van der Waals surface area contributed by atoms with Crippen molar-refractivity contribution >= 4 is 5.97 Å². The van der Waals surface area contributed by atoms with Crippen molar-refractivity contribution in [1.29, 1.82) is 0 Å². The second kappa shape index (κ2) is 6.20. The molecule has 0 amide bonds. The van der Waals surface area contributed by atoms with Gasteiger partial charge in [-0.3, -0.25) is 0 Å². The molecule has 0 aromatic heterocycles. The van der Waals surface area contributed by atoms with E-state index in [0.29, 0.717) is 6.42 Å². The summed E-state index contributed by atoms with van der Waals surface area (Å²) in [6.45, 7) is 9.70. The molecule has 1 aromatic carbocycles. The van der Waals surface area contributed by atoms with E-state index in [0.717, 1.165) is 16.7 Å². The molecule has 2 atom stereocenters. The number of carbonyl (C=O) groups is 1. The number of carbonyl (C=O) groups excluding carboxylic acids is 1. The summed E-state index contributed by atoms with van der Waals surface area (Å²) >= 11 is 0. The van der Waals surface area contributed by atoms with Crippen LogP contribution in [0.25, 0.3) is 0 Å². The van der Waals surface area contributed by atoms with Crippen LogP contribution < -0.4 is 0 Å². The molecular weight excluding hydrogens is 240 g/mol. The Morgan fingerprint density at radius 2 is 2.00 bits per heavy atom. The zero-order chi connectivity index (χ0) is 14.6. The molecule has 0 saturated carbocycles. The van der Waals surface area contributed by atoms with Crippen LogP contribution in [0.2, 0.25) is 0 Å². The minimum atomic E-state index is -1.46. The van der Waals surface area contributed by atoms with Gasteiger partial charge in [-0.1, -0.05) is 37.6 Å². The van der Waals surface area contributed by atoms with E-state index >= 15 is 0 Å². The van der Waals surface area contributed by atoms with E-state index in [1.807, 2.05) is 39.0 Å². The summed E-state index contributed by atoms with van der Waals surface area (Å²) in [6, 6.07) is 6.07. The molecule has 1 rings (SSSR count). The van der Waals surface area contributed by atoms with Gasteiger partial charge in [0.25, 0.3) is 0 Å². The van der Waals surface area contributed by atoms with Crippen LogP contribution in [0.5, 0.6) is 0 Å². The summed E-state index contributed by atoms with van der Waals surface area (Å²) in [6.07, 6.45) is 0.334. The Labute approximate surface area is 115 Å². The van der Waals surface area contributed by atoms with Crippen LogP contribution in [0.3, 0.4) is 0 Å². The largest absolute Gasteiger partial charge is 0.464 e. The minimum Gasteiger partial charge on any atom is -0.464 e. The molecule has 0 fully saturated rings. The Morgan fingerprint density at radius 3 is 2.53 bits per heavy atom. The number of hydrogen-bond donors (Lipinski definition) is 1. The number of esters is 1. The fourth-order valence-electron chi connectivity index (χ4n) is 2.37. The third kappa shape index (κ3) is 3.16. The van der Waals surface area contributed by atoms with Crippen molar-refractivity contribution in [3.8, 4) is 0 Å². The monoisotopic (exact) mass is 264 g/mol. The van der Waals surface area contributed by atoms with Gasteiger partial charge in [0.2, 0.25) is 0 Å². The minimum absolute atomic E-state index is 0.278. The first-order valence-electron chi connectivity index (χ1n) is 6.83. The number of ether oxygens (including phenoxy) is 1. The number of benzene rings is 1. The predicted octanol–water partition coefficient (Wildman–Crippen LogP) is 3.11. The van der Waals surface area contributed by atoms with Crippen LogP contribution in [0.4, 0.5) is 0 Å². The Hall–Kier alpha value is -1.35. The second-order valence-electron chi connectivity index (χ2n) is 5.08. The van der Waals surface area contributed by atoms with Gasteiger partial charge in [-0.05, 0) is 38.3 Å². The molecule has 0 bridgehead atoms.